The molecule has 0 aliphatic carbocycles. The van der Waals surface area contributed by atoms with Gasteiger partial charge in [-0.3, -0.25) is 0 Å². The molecule has 0 saturated carbocycles. The van der Waals surface area contributed by atoms with E-state index < -0.39 is 0 Å². The highest BCUT2D eigenvalue weighted by atomic mass is 79.9. The Morgan fingerprint density at radius 1 is 1.54 bits per heavy atom. The Morgan fingerprint density at radius 2 is 2.23 bits per heavy atom. The summed E-state index contributed by atoms with van der Waals surface area (Å²) in [7, 11) is 0. The Kier molecular flexibility index (Phi) is 2.83. The molecule has 1 aliphatic heterocycles. The Hall–Kier alpha value is -0.160. The Morgan fingerprint density at radius 3 is 2.77 bits per heavy atom. The number of anilines is 1. The maximum absolute atomic E-state index is 5.88. The summed E-state index contributed by atoms with van der Waals surface area (Å²) in [5.74, 6) is 3.21. The molecule has 2 heterocycles. The van der Waals surface area contributed by atoms with Crippen LogP contribution in [0.15, 0.2) is 10.7 Å². The molecule has 1 fully saturated rings. The third-order valence-corrected chi connectivity index (χ3v) is 3.98. The van der Waals surface area contributed by atoms with E-state index in [0.29, 0.717) is 6.04 Å². The van der Waals surface area contributed by atoms with Crippen molar-refractivity contribution < 1.29 is 0 Å². The summed E-state index contributed by atoms with van der Waals surface area (Å²) in [5, 5.41) is 4.27. The minimum Gasteiger partial charge on any atom is -0.383 e. The number of hydrogen-bond acceptors (Lipinski definition) is 3. The van der Waals surface area contributed by atoms with Crippen LogP contribution in [0, 0.1) is 0 Å². The van der Waals surface area contributed by atoms with Gasteiger partial charge in [-0.25, -0.2) is 4.68 Å². The maximum atomic E-state index is 5.88. The number of halogens is 1. The van der Waals surface area contributed by atoms with Crippen molar-refractivity contribution in [2.75, 3.05) is 17.2 Å². The van der Waals surface area contributed by atoms with E-state index >= 15 is 0 Å². The van der Waals surface area contributed by atoms with Gasteiger partial charge in [0.25, 0.3) is 0 Å². The summed E-state index contributed by atoms with van der Waals surface area (Å²) in [4.78, 5) is 0. The quantitative estimate of drug-likeness (QED) is 0.844. The molecule has 1 aromatic rings. The number of nitrogens with two attached hydrogens (primary N) is 1. The van der Waals surface area contributed by atoms with Crippen LogP contribution in [0.2, 0.25) is 0 Å². The third-order valence-electron chi connectivity index (χ3n) is 2.32. The average Bonchev–Trinajstić information content (AvgIpc) is 2.49. The summed E-state index contributed by atoms with van der Waals surface area (Å²) in [6, 6.07) is 0.507. The molecule has 1 saturated heterocycles. The molecule has 0 radical (unpaired) electrons. The van der Waals surface area contributed by atoms with Crippen LogP contribution >= 0.6 is 27.7 Å². The molecule has 0 amide bonds. The zero-order valence-corrected chi connectivity index (χ0v) is 9.64. The van der Waals surface area contributed by atoms with Gasteiger partial charge in [-0.1, -0.05) is 0 Å². The van der Waals surface area contributed by atoms with Gasteiger partial charge in [-0.2, -0.15) is 16.9 Å². The zero-order chi connectivity index (χ0) is 9.26. The van der Waals surface area contributed by atoms with Crippen molar-refractivity contribution in [2.24, 2.45) is 0 Å². The SMILES string of the molecule is Nc1c(Br)cnn1C1CCSCC1. The van der Waals surface area contributed by atoms with E-state index in [9.17, 15) is 0 Å². The van der Waals surface area contributed by atoms with Crippen LogP contribution in [0.25, 0.3) is 0 Å². The molecule has 1 aromatic heterocycles. The Bertz CT molecular complexity index is 294. The van der Waals surface area contributed by atoms with Crippen molar-refractivity contribution in [1.29, 1.82) is 0 Å². The lowest BCUT2D eigenvalue weighted by Gasteiger charge is -2.22. The van der Waals surface area contributed by atoms with E-state index in [1.54, 1.807) is 6.20 Å². The van der Waals surface area contributed by atoms with Crippen molar-refractivity contribution in [3.63, 3.8) is 0 Å². The summed E-state index contributed by atoms with van der Waals surface area (Å²) >= 11 is 5.38. The molecule has 2 N–H and O–H groups in total. The second kappa shape index (κ2) is 3.92. The van der Waals surface area contributed by atoms with E-state index in [2.05, 4.69) is 21.0 Å². The van der Waals surface area contributed by atoms with Crippen molar-refractivity contribution in [2.45, 2.75) is 18.9 Å². The van der Waals surface area contributed by atoms with Crippen molar-refractivity contribution in [3.8, 4) is 0 Å². The van der Waals surface area contributed by atoms with Gasteiger partial charge in [0.2, 0.25) is 0 Å². The monoisotopic (exact) mass is 261 g/mol. The minimum absolute atomic E-state index is 0.507. The first-order valence-electron chi connectivity index (χ1n) is 4.35. The molecule has 0 atom stereocenters. The first kappa shape index (κ1) is 9.40. The first-order chi connectivity index (χ1) is 6.29. The van der Waals surface area contributed by atoms with Crippen LogP contribution in [0.4, 0.5) is 5.82 Å². The third kappa shape index (κ3) is 1.86. The maximum Gasteiger partial charge on any atom is 0.136 e. The van der Waals surface area contributed by atoms with Crippen LogP contribution in [-0.2, 0) is 0 Å². The molecule has 2 rings (SSSR count). The van der Waals surface area contributed by atoms with E-state index in [0.717, 1.165) is 10.3 Å². The van der Waals surface area contributed by atoms with Crippen molar-refractivity contribution >= 4 is 33.5 Å². The topological polar surface area (TPSA) is 43.8 Å². The van der Waals surface area contributed by atoms with Crippen LogP contribution < -0.4 is 5.73 Å². The number of nitrogen functional groups attached to an aromatic ring is 1. The van der Waals surface area contributed by atoms with Gasteiger partial charge >= 0.3 is 0 Å². The Balaban J connectivity index is 2.18. The van der Waals surface area contributed by atoms with Gasteiger partial charge in [0, 0.05) is 0 Å². The predicted molar refractivity (Wildman–Crippen MR) is 59.9 cm³/mol. The van der Waals surface area contributed by atoms with Crippen LogP contribution in [0.1, 0.15) is 18.9 Å². The summed E-state index contributed by atoms with van der Waals surface area (Å²) in [6.07, 6.45) is 4.14. The van der Waals surface area contributed by atoms with Gasteiger partial charge in [0.1, 0.15) is 5.82 Å². The van der Waals surface area contributed by atoms with Gasteiger partial charge in [0.05, 0.1) is 16.7 Å². The summed E-state index contributed by atoms with van der Waals surface area (Å²) in [6.45, 7) is 0. The highest BCUT2D eigenvalue weighted by molar-refractivity contribution is 9.10. The fourth-order valence-corrected chi connectivity index (χ4v) is 2.93. The predicted octanol–water partition coefficient (Wildman–Crippen LogP) is 2.30. The molecule has 0 unspecified atom stereocenters. The highest BCUT2D eigenvalue weighted by Crippen LogP contribution is 2.30. The molecule has 5 heteroatoms. The summed E-state index contributed by atoms with van der Waals surface area (Å²) in [5.41, 5.74) is 5.88. The lowest BCUT2D eigenvalue weighted by atomic mass is 10.2. The molecular weight excluding hydrogens is 250 g/mol. The lowest BCUT2D eigenvalue weighted by Crippen LogP contribution is -2.18. The second-order valence-electron chi connectivity index (χ2n) is 3.17. The van der Waals surface area contributed by atoms with Gasteiger partial charge in [-0.05, 0) is 40.3 Å². The van der Waals surface area contributed by atoms with E-state index in [1.807, 2.05) is 16.4 Å². The van der Waals surface area contributed by atoms with Crippen molar-refractivity contribution in [1.82, 2.24) is 9.78 Å². The number of aromatic nitrogens is 2. The normalized spacial score (nSPS) is 19.2. The molecule has 72 valence electrons. The first-order valence-corrected chi connectivity index (χ1v) is 6.30. The number of hydrogen-bond donors (Lipinski definition) is 1. The number of thioether (sulfide) groups is 1. The zero-order valence-electron chi connectivity index (χ0n) is 7.24. The van der Waals surface area contributed by atoms with E-state index in [4.69, 9.17) is 5.73 Å². The molecular formula is C8H12BrN3S. The second-order valence-corrected chi connectivity index (χ2v) is 5.24. The smallest absolute Gasteiger partial charge is 0.136 e. The van der Waals surface area contributed by atoms with Gasteiger partial charge in [-0.15, -0.1) is 0 Å². The van der Waals surface area contributed by atoms with Crippen LogP contribution in [0.5, 0.6) is 0 Å². The van der Waals surface area contributed by atoms with Crippen LogP contribution in [-0.4, -0.2) is 21.3 Å². The van der Waals surface area contributed by atoms with Gasteiger partial charge in [0.15, 0.2) is 0 Å². The minimum atomic E-state index is 0.507. The number of rotatable bonds is 1. The standard InChI is InChI=1S/C8H12BrN3S/c9-7-5-11-12(8(7)10)6-1-3-13-4-2-6/h5-6H,1-4,10H2. The van der Waals surface area contributed by atoms with Gasteiger partial charge < -0.3 is 5.73 Å². The Labute approximate surface area is 90.2 Å². The molecule has 0 aromatic carbocycles. The summed E-state index contributed by atoms with van der Waals surface area (Å²) < 4.78 is 2.86. The molecule has 0 spiro atoms. The highest BCUT2D eigenvalue weighted by Gasteiger charge is 2.18. The largest absolute Gasteiger partial charge is 0.383 e. The average molecular weight is 262 g/mol. The molecule has 13 heavy (non-hydrogen) atoms. The molecule has 1 aliphatic rings. The fourth-order valence-electron chi connectivity index (χ4n) is 1.57. The lowest BCUT2D eigenvalue weighted by molar-refractivity contribution is 0.432. The van der Waals surface area contributed by atoms with E-state index in [1.165, 1.54) is 24.3 Å². The van der Waals surface area contributed by atoms with Crippen LogP contribution in [0.3, 0.4) is 0 Å². The van der Waals surface area contributed by atoms with E-state index in [-0.39, 0.29) is 0 Å². The molecule has 3 nitrogen and oxygen atoms in total. The fraction of sp³-hybridized carbons (Fsp3) is 0.625. The van der Waals surface area contributed by atoms with Crippen molar-refractivity contribution in [3.05, 3.63) is 10.7 Å². The molecule has 0 bridgehead atoms. The number of nitrogens with zero attached hydrogens (tertiary/aromatic N) is 2.